The first-order valence-corrected chi connectivity index (χ1v) is 12.9. The van der Waals surface area contributed by atoms with Gasteiger partial charge in [0.2, 0.25) is 0 Å². The average Bonchev–Trinajstić information content (AvgIpc) is 3.74. The number of anilines is 1. The zero-order chi connectivity index (χ0) is 26.6. The van der Waals surface area contributed by atoms with Gasteiger partial charge in [0.1, 0.15) is 0 Å². The molecule has 0 atom stereocenters. The van der Waals surface area contributed by atoms with E-state index in [1.54, 1.807) is 0 Å². The standard InChI is InChI=1S/C32H20N8.Cu/c33-26-20-11-3-4-12-21(20)28(35-26)37-30-24-15-7-8-16-25(24)32(39-30)40-31-23-14-6-5-13-22(23)29(38-31)36-27-19-10-2-1-9-18(19)17-34-27;/h1-16H,17,33H2;/q-2;+2. The third kappa shape index (κ3) is 4.10. The van der Waals surface area contributed by atoms with Crippen molar-refractivity contribution in [2.24, 2.45) is 25.0 Å². The SMILES string of the molecule is Nc1[n-]c(/N=C2\N=C(N=C3[N-]C(=NC4=NCc5ccccc54)c4ccccc43)c3ccccc32)c2ccccc12.[Cu+2]. The van der Waals surface area contributed by atoms with E-state index in [-0.39, 0.29) is 17.1 Å². The second-order valence-corrected chi connectivity index (χ2v) is 9.61. The first-order chi connectivity index (χ1) is 19.7. The van der Waals surface area contributed by atoms with Crippen molar-refractivity contribution < 1.29 is 17.1 Å². The third-order valence-corrected chi connectivity index (χ3v) is 7.20. The van der Waals surface area contributed by atoms with Crippen LogP contribution in [0.15, 0.2) is 122 Å². The molecule has 4 heterocycles. The van der Waals surface area contributed by atoms with Gasteiger partial charge in [-0.25, -0.2) is 4.99 Å². The molecule has 1 aromatic heterocycles. The number of nitrogens with zero attached hydrogens (tertiary/aromatic N) is 7. The molecule has 199 valence electrons. The Labute approximate surface area is 246 Å². The fraction of sp³-hybridized carbons (Fsp3) is 0.0312. The van der Waals surface area contributed by atoms with E-state index in [1.165, 1.54) is 5.56 Å². The fourth-order valence-electron chi connectivity index (χ4n) is 5.27. The van der Waals surface area contributed by atoms with E-state index >= 15 is 0 Å². The number of fused-ring (bicyclic) bond motifs is 4. The molecule has 5 aromatic rings. The van der Waals surface area contributed by atoms with Crippen molar-refractivity contribution in [2.75, 3.05) is 5.73 Å². The van der Waals surface area contributed by atoms with Crippen molar-refractivity contribution in [3.63, 3.8) is 0 Å². The van der Waals surface area contributed by atoms with E-state index < -0.39 is 0 Å². The Hall–Kier alpha value is -5.11. The summed E-state index contributed by atoms with van der Waals surface area (Å²) >= 11 is 0. The minimum absolute atomic E-state index is 0. The van der Waals surface area contributed by atoms with Crippen molar-refractivity contribution in [3.8, 4) is 0 Å². The maximum atomic E-state index is 6.16. The van der Waals surface area contributed by atoms with E-state index in [9.17, 15) is 0 Å². The van der Waals surface area contributed by atoms with Gasteiger partial charge in [0, 0.05) is 40.0 Å². The maximum absolute atomic E-state index is 6.16. The number of nitrogens with two attached hydrogens (primary N) is 1. The molecular formula is C32H20CuN8. The van der Waals surface area contributed by atoms with Crippen molar-refractivity contribution in [1.29, 1.82) is 0 Å². The second kappa shape index (κ2) is 9.82. The molecule has 3 aliphatic rings. The van der Waals surface area contributed by atoms with Crippen LogP contribution in [0.1, 0.15) is 33.4 Å². The van der Waals surface area contributed by atoms with Crippen LogP contribution < -0.4 is 10.7 Å². The smallest absolute Gasteiger partial charge is 0.455 e. The second-order valence-electron chi connectivity index (χ2n) is 9.61. The zero-order valence-electron chi connectivity index (χ0n) is 21.5. The molecule has 0 fully saturated rings. The molecule has 4 aromatic carbocycles. The van der Waals surface area contributed by atoms with Gasteiger partial charge in [0.15, 0.2) is 0 Å². The number of aromatic nitrogens is 1. The molecule has 0 aliphatic carbocycles. The summed E-state index contributed by atoms with van der Waals surface area (Å²) in [7, 11) is 0. The number of nitrogen functional groups attached to an aromatic ring is 1. The van der Waals surface area contributed by atoms with Crippen molar-refractivity contribution in [2.45, 2.75) is 6.54 Å². The van der Waals surface area contributed by atoms with Crippen LogP contribution in [0.25, 0.3) is 16.1 Å². The van der Waals surface area contributed by atoms with Crippen LogP contribution in [0.3, 0.4) is 0 Å². The van der Waals surface area contributed by atoms with E-state index in [0.717, 1.165) is 38.6 Å². The minimum atomic E-state index is 0. The molecule has 0 saturated heterocycles. The van der Waals surface area contributed by atoms with Gasteiger partial charge in [0.25, 0.3) is 0 Å². The zero-order valence-corrected chi connectivity index (χ0v) is 22.4. The minimum Gasteiger partial charge on any atom is -0.455 e. The average molecular weight is 580 g/mol. The van der Waals surface area contributed by atoms with Crippen LogP contribution in [0.5, 0.6) is 0 Å². The molecule has 41 heavy (non-hydrogen) atoms. The largest absolute Gasteiger partial charge is 2.00 e. The summed E-state index contributed by atoms with van der Waals surface area (Å²) in [5, 5.41) is 6.61. The summed E-state index contributed by atoms with van der Waals surface area (Å²) in [4.78, 5) is 28.6. The van der Waals surface area contributed by atoms with Crippen LogP contribution in [0.4, 0.5) is 11.6 Å². The number of hydrogen-bond acceptors (Lipinski definition) is 5. The van der Waals surface area contributed by atoms with Gasteiger partial charge in [-0.15, -0.1) is 0 Å². The quantitative estimate of drug-likeness (QED) is 0.254. The summed E-state index contributed by atoms with van der Waals surface area (Å²) in [6.07, 6.45) is 0. The molecule has 8 nitrogen and oxygen atoms in total. The van der Waals surface area contributed by atoms with E-state index in [1.807, 2.05) is 91.0 Å². The summed E-state index contributed by atoms with van der Waals surface area (Å²) in [5.41, 5.74) is 11.9. The van der Waals surface area contributed by atoms with Gasteiger partial charge in [-0.1, -0.05) is 97.1 Å². The summed E-state index contributed by atoms with van der Waals surface area (Å²) in [6, 6.07) is 31.8. The van der Waals surface area contributed by atoms with Crippen LogP contribution in [-0.2, 0) is 23.6 Å². The molecule has 9 heteroatoms. The Morgan fingerprint density at radius 1 is 0.610 bits per heavy atom. The van der Waals surface area contributed by atoms with Gasteiger partial charge in [-0.3, -0.25) is 4.99 Å². The first kappa shape index (κ1) is 24.9. The molecule has 0 spiro atoms. The fourth-order valence-corrected chi connectivity index (χ4v) is 5.27. The number of hydrogen-bond donors (Lipinski definition) is 1. The molecule has 3 aliphatic heterocycles. The van der Waals surface area contributed by atoms with Crippen molar-refractivity contribution in [1.82, 2.24) is 4.98 Å². The van der Waals surface area contributed by atoms with Crippen LogP contribution >= 0.6 is 0 Å². The number of benzene rings is 4. The summed E-state index contributed by atoms with van der Waals surface area (Å²) in [6.45, 7) is 0.625. The van der Waals surface area contributed by atoms with Gasteiger partial charge in [0.05, 0.1) is 24.1 Å². The molecule has 2 N–H and O–H groups in total. The molecule has 1 radical (unpaired) electrons. The van der Waals surface area contributed by atoms with Gasteiger partial charge in [-0.05, 0) is 27.5 Å². The number of amidine groups is 5. The van der Waals surface area contributed by atoms with Gasteiger partial charge < -0.3 is 31.0 Å². The molecule has 0 saturated carbocycles. The Kier molecular flexibility index (Phi) is 5.96. The molecule has 8 rings (SSSR count). The predicted molar refractivity (Wildman–Crippen MR) is 160 cm³/mol. The maximum Gasteiger partial charge on any atom is 2.00 e. The Balaban J connectivity index is 0.00000276. The Bertz CT molecular complexity index is 2030. The summed E-state index contributed by atoms with van der Waals surface area (Å²) in [5.74, 6) is 3.90. The molecule has 0 bridgehead atoms. The van der Waals surface area contributed by atoms with Gasteiger partial charge in [-0.2, -0.15) is 0 Å². The number of rotatable bonds is 1. The van der Waals surface area contributed by atoms with Gasteiger partial charge >= 0.3 is 17.1 Å². The summed E-state index contributed by atoms with van der Waals surface area (Å²) < 4.78 is 0. The van der Waals surface area contributed by atoms with Crippen molar-refractivity contribution in [3.05, 3.63) is 136 Å². The normalized spacial score (nSPS) is 17.7. The van der Waals surface area contributed by atoms with Crippen LogP contribution in [-0.4, -0.2) is 29.2 Å². The van der Waals surface area contributed by atoms with Crippen LogP contribution in [0.2, 0.25) is 0 Å². The monoisotopic (exact) mass is 579 g/mol. The van der Waals surface area contributed by atoms with Crippen molar-refractivity contribution >= 4 is 51.6 Å². The third-order valence-electron chi connectivity index (χ3n) is 7.20. The molecule has 0 unspecified atom stereocenters. The topological polar surface area (TPSA) is 116 Å². The molecular weight excluding hydrogens is 560 g/mol. The first-order valence-electron chi connectivity index (χ1n) is 12.9. The Morgan fingerprint density at radius 2 is 1.20 bits per heavy atom. The molecule has 0 amide bonds. The van der Waals surface area contributed by atoms with Crippen LogP contribution in [0, 0.1) is 0 Å². The van der Waals surface area contributed by atoms with E-state index in [2.05, 4.69) is 16.0 Å². The van der Waals surface area contributed by atoms with E-state index in [4.69, 9.17) is 31.0 Å². The van der Waals surface area contributed by atoms with E-state index in [0.29, 0.717) is 47.4 Å². The number of aliphatic imine (C=N–C) groups is 5. The Morgan fingerprint density at radius 3 is 1.95 bits per heavy atom. The predicted octanol–water partition coefficient (Wildman–Crippen LogP) is 5.76.